The summed E-state index contributed by atoms with van der Waals surface area (Å²) in [6.07, 6.45) is 2.51. The number of nitrogens with zero attached hydrogens (tertiary/aromatic N) is 1. The Labute approximate surface area is 160 Å². The molecule has 2 rings (SSSR count). The molecule has 148 valence electrons. The predicted molar refractivity (Wildman–Crippen MR) is 102 cm³/mol. The highest BCUT2D eigenvalue weighted by Crippen LogP contribution is 2.17. The first-order valence-corrected chi connectivity index (χ1v) is 9.22. The Balaban J connectivity index is 1.84. The van der Waals surface area contributed by atoms with E-state index >= 15 is 0 Å². The second-order valence-electron chi connectivity index (χ2n) is 7.71. The predicted octanol–water partition coefficient (Wildman–Crippen LogP) is 3.59. The zero-order chi connectivity index (χ0) is 20.0. The molecule has 0 spiro atoms. The summed E-state index contributed by atoms with van der Waals surface area (Å²) in [5.41, 5.74) is 0.218. The third-order valence-corrected chi connectivity index (χ3v) is 4.22. The number of hydrogen-bond acceptors (Lipinski definition) is 5. The van der Waals surface area contributed by atoms with Crippen LogP contribution in [-0.4, -0.2) is 47.7 Å². The topological polar surface area (TPSA) is 84.9 Å². The van der Waals surface area contributed by atoms with E-state index < -0.39 is 17.7 Å². The van der Waals surface area contributed by atoms with Gasteiger partial charge in [-0.1, -0.05) is 0 Å². The van der Waals surface area contributed by atoms with Crippen LogP contribution in [0.3, 0.4) is 0 Å². The van der Waals surface area contributed by atoms with Gasteiger partial charge in [-0.2, -0.15) is 0 Å². The van der Waals surface area contributed by atoms with E-state index in [-0.39, 0.29) is 18.6 Å². The van der Waals surface area contributed by atoms with Gasteiger partial charge in [-0.3, -0.25) is 10.1 Å². The molecule has 0 bridgehead atoms. The third-order valence-electron chi connectivity index (χ3n) is 4.22. The van der Waals surface area contributed by atoms with Crippen molar-refractivity contribution in [2.24, 2.45) is 0 Å². The van der Waals surface area contributed by atoms with E-state index in [1.165, 1.54) is 12.1 Å². The average Bonchev–Trinajstić information content (AvgIpc) is 2.58. The molecule has 0 unspecified atom stereocenters. The van der Waals surface area contributed by atoms with Gasteiger partial charge < -0.3 is 14.4 Å². The number of amides is 2. The number of carbonyl (C=O) groups is 3. The molecule has 7 nitrogen and oxygen atoms in total. The molecule has 0 aromatic heterocycles. The molecule has 1 aliphatic rings. The lowest BCUT2D eigenvalue weighted by atomic mass is 10.0. The molecule has 1 aromatic carbocycles. The van der Waals surface area contributed by atoms with Crippen LogP contribution in [-0.2, 0) is 14.3 Å². The van der Waals surface area contributed by atoms with Gasteiger partial charge in [0.25, 0.3) is 5.91 Å². The van der Waals surface area contributed by atoms with Crippen molar-refractivity contribution >= 4 is 23.7 Å². The lowest BCUT2D eigenvalue weighted by molar-refractivity contribution is -0.137. The van der Waals surface area contributed by atoms with Crippen molar-refractivity contribution in [1.82, 2.24) is 4.90 Å². The van der Waals surface area contributed by atoms with Crippen LogP contribution in [0.4, 0.5) is 10.5 Å². The van der Waals surface area contributed by atoms with Crippen LogP contribution in [0, 0.1) is 0 Å². The van der Waals surface area contributed by atoms with Gasteiger partial charge in [0.05, 0.1) is 5.56 Å². The highest BCUT2D eigenvalue weighted by atomic mass is 16.6. The van der Waals surface area contributed by atoms with Crippen LogP contribution in [0.25, 0.3) is 0 Å². The number of nitrogens with one attached hydrogen (secondary N) is 1. The van der Waals surface area contributed by atoms with E-state index in [1.807, 2.05) is 6.92 Å². The molecule has 2 amide bonds. The molecule has 1 aliphatic heterocycles. The lowest BCUT2D eigenvalue weighted by Gasteiger charge is -2.33. The van der Waals surface area contributed by atoms with E-state index in [0.29, 0.717) is 17.8 Å². The Kier molecular flexibility index (Phi) is 6.82. The number of esters is 1. The highest BCUT2D eigenvalue weighted by Gasteiger charge is 2.24. The number of carbonyl (C=O) groups excluding carboxylic acids is 3. The Bertz CT molecular complexity index is 679. The number of piperidine rings is 1. The molecule has 1 heterocycles. The van der Waals surface area contributed by atoms with Crippen molar-refractivity contribution in [2.45, 2.75) is 58.6 Å². The minimum atomic E-state index is -0.591. The molecule has 0 saturated carbocycles. The summed E-state index contributed by atoms with van der Waals surface area (Å²) in [5.74, 6) is -0.740. The molecule has 1 saturated heterocycles. The van der Waals surface area contributed by atoms with Gasteiger partial charge in [0.1, 0.15) is 5.60 Å². The lowest BCUT2D eigenvalue weighted by Crippen LogP contribution is -2.44. The van der Waals surface area contributed by atoms with Gasteiger partial charge in [-0.15, -0.1) is 0 Å². The van der Waals surface area contributed by atoms with Crippen molar-refractivity contribution in [3.05, 3.63) is 29.8 Å². The van der Waals surface area contributed by atoms with Crippen molar-refractivity contribution < 1.29 is 23.9 Å². The summed E-state index contributed by atoms with van der Waals surface area (Å²) in [6, 6.07) is 6.40. The molecule has 1 N–H and O–H groups in total. The summed E-state index contributed by atoms with van der Waals surface area (Å²) < 4.78 is 10.3. The largest absolute Gasteiger partial charge is 0.452 e. The first-order chi connectivity index (χ1) is 12.7. The van der Waals surface area contributed by atoms with Gasteiger partial charge in [-0.25, -0.2) is 9.59 Å². The van der Waals surface area contributed by atoms with Crippen LogP contribution in [0.5, 0.6) is 0 Å². The number of likely N-dealkylation sites (tertiary alicyclic amines) is 1. The minimum Gasteiger partial charge on any atom is -0.452 e. The quantitative estimate of drug-likeness (QED) is 0.812. The number of anilines is 1. The molecule has 7 heteroatoms. The summed E-state index contributed by atoms with van der Waals surface area (Å²) >= 11 is 0. The standard InChI is InChI=1S/C20H28N2O5/c1-14-7-5-6-12-22(14)17(23)13-26-18(24)15-8-10-16(11-9-15)21-19(25)27-20(2,3)4/h8-11,14H,5-7,12-13H2,1-4H3,(H,21,25)/t14-/m1/s1. The van der Waals surface area contributed by atoms with Gasteiger partial charge in [-0.05, 0) is 71.2 Å². The molecule has 1 fully saturated rings. The van der Waals surface area contributed by atoms with Crippen molar-refractivity contribution in [1.29, 1.82) is 0 Å². The number of benzene rings is 1. The summed E-state index contributed by atoms with van der Waals surface area (Å²) in [6.45, 7) is 7.78. The Hall–Kier alpha value is -2.57. The zero-order valence-corrected chi connectivity index (χ0v) is 16.4. The normalized spacial score (nSPS) is 17.2. The molecular formula is C20H28N2O5. The maximum absolute atomic E-state index is 12.2. The molecule has 0 radical (unpaired) electrons. The van der Waals surface area contributed by atoms with Crippen molar-refractivity contribution in [3.63, 3.8) is 0 Å². The van der Waals surface area contributed by atoms with E-state index in [0.717, 1.165) is 19.3 Å². The van der Waals surface area contributed by atoms with Gasteiger partial charge >= 0.3 is 12.1 Å². The Morgan fingerprint density at radius 1 is 1.15 bits per heavy atom. The maximum atomic E-state index is 12.2. The van der Waals surface area contributed by atoms with E-state index in [1.54, 1.807) is 37.8 Å². The first kappa shape index (κ1) is 20.7. The number of ether oxygens (including phenoxy) is 2. The van der Waals surface area contributed by atoms with Crippen LogP contribution in [0.2, 0.25) is 0 Å². The van der Waals surface area contributed by atoms with Gasteiger partial charge in [0.2, 0.25) is 0 Å². The first-order valence-electron chi connectivity index (χ1n) is 9.22. The summed E-state index contributed by atoms with van der Waals surface area (Å²) in [4.78, 5) is 37.9. The molecule has 1 aromatic rings. The van der Waals surface area contributed by atoms with Gasteiger partial charge in [0.15, 0.2) is 6.61 Å². The minimum absolute atomic E-state index is 0.168. The maximum Gasteiger partial charge on any atom is 0.412 e. The fourth-order valence-electron chi connectivity index (χ4n) is 2.87. The van der Waals surface area contributed by atoms with Gasteiger partial charge in [0, 0.05) is 18.3 Å². The van der Waals surface area contributed by atoms with Crippen molar-refractivity contribution in [2.75, 3.05) is 18.5 Å². The fraction of sp³-hybridized carbons (Fsp3) is 0.550. The Morgan fingerprint density at radius 3 is 2.41 bits per heavy atom. The van der Waals surface area contributed by atoms with Crippen LogP contribution in [0.1, 0.15) is 57.3 Å². The molecule has 0 aliphatic carbocycles. The fourth-order valence-corrected chi connectivity index (χ4v) is 2.87. The SMILES string of the molecule is C[C@@H]1CCCCN1C(=O)COC(=O)c1ccc(NC(=O)OC(C)(C)C)cc1. The van der Waals surface area contributed by atoms with Crippen LogP contribution in [0.15, 0.2) is 24.3 Å². The number of rotatable bonds is 4. The van der Waals surface area contributed by atoms with E-state index in [2.05, 4.69) is 5.32 Å². The molecule has 1 atom stereocenters. The molecule has 27 heavy (non-hydrogen) atoms. The number of hydrogen-bond donors (Lipinski definition) is 1. The molecular weight excluding hydrogens is 348 g/mol. The second-order valence-corrected chi connectivity index (χ2v) is 7.71. The highest BCUT2D eigenvalue weighted by molar-refractivity contribution is 5.92. The Morgan fingerprint density at radius 2 is 1.81 bits per heavy atom. The summed E-state index contributed by atoms with van der Waals surface area (Å²) in [5, 5.41) is 2.59. The average molecular weight is 376 g/mol. The smallest absolute Gasteiger partial charge is 0.412 e. The van der Waals surface area contributed by atoms with E-state index in [9.17, 15) is 14.4 Å². The third kappa shape index (κ3) is 6.58. The zero-order valence-electron chi connectivity index (χ0n) is 16.4. The van der Waals surface area contributed by atoms with E-state index in [4.69, 9.17) is 9.47 Å². The van der Waals surface area contributed by atoms with Crippen molar-refractivity contribution in [3.8, 4) is 0 Å². The van der Waals surface area contributed by atoms with Crippen LogP contribution < -0.4 is 5.32 Å². The second kappa shape index (κ2) is 8.88. The van der Waals surface area contributed by atoms with Crippen LogP contribution >= 0.6 is 0 Å². The summed E-state index contributed by atoms with van der Waals surface area (Å²) in [7, 11) is 0. The monoisotopic (exact) mass is 376 g/mol.